The largest absolute Gasteiger partial charge is 0.497 e. The summed E-state index contributed by atoms with van der Waals surface area (Å²) in [5.41, 5.74) is 2.56. The minimum atomic E-state index is -0.397. The Labute approximate surface area is 202 Å². The maximum atomic E-state index is 13.5. The average molecular weight is 473 g/mol. The first-order valence-electron chi connectivity index (χ1n) is 11.1. The molecule has 0 fully saturated rings. The second-order valence-electron chi connectivity index (χ2n) is 7.76. The molecule has 0 aliphatic heterocycles. The van der Waals surface area contributed by atoms with Gasteiger partial charge >= 0.3 is 0 Å². The molecular formula is C27H25FN4O3. The van der Waals surface area contributed by atoms with E-state index >= 15 is 0 Å². The van der Waals surface area contributed by atoms with Crippen LogP contribution < -0.4 is 10.1 Å². The number of anilines is 1. The lowest BCUT2D eigenvalue weighted by Gasteiger charge is -2.20. The van der Waals surface area contributed by atoms with E-state index in [-0.39, 0.29) is 24.2 Å². The van der Waals surface area contributed by atoms with E-state index in [1.165, 1.54) is 17.0 Å². The Morgan fingerprint density at radius 1 is 1.00 bits per heavy atom. The third-order valence-electron chi connectivity index (χ3n) is 5.47. The fourth-order valence-corrected chi connectivity index (χ4v) is 3.60. The number of amides is 2. The zero-order valence-electron chi connectivity index (χ0n) is 19.4. The number of halogens is 1. The minimum absolute atomic E-state index is 0.141. The summed E-state index contributed by atoms with van der Waals surface area (Å²) >= 11 is 0. The molecule has 0 saturated heterocycles. The van der Waals surface area contributed by atoms with Crippen LogP contribution in [-0.2, 0) is 4.79 Å². The van der Waals surface area contributed by atoms with Crippen molar-refractivity contribution in [2.24, 2.45) is 0 Å². The van der Waals surface area contributed by atoms with E-state index < -0.39 is 5.91 Å². The van der Waals surface area contributed by atoms with E-state index in [4.69, 9.17) is 4.74 Å². The number of carbonyl (C=O) groups is 2. The third kappa shape index (κ3) is 5.55. The molecule has 0 bridgehead atoms. The average Bonchev–Trinajstić information content (AvgIpc) is 3.31. The van der Waals surface area contributed by atoms with Crippen molar-refractivity contribution < 1.29 is 18.7 Å². The fraction of sp³-hybridized carbons (Fsp3) is 0.148. The molecule has 0 spiro atoms. The van der Waals surface area contributed by atoms with E-state index in [2.05, 4.69) is 10.3 Å². The highest BCUT2D eigenvalue weighted by atomic mass is 19.1. The number of ether oxygens (including phenoxy) is 1. The molecule has 0 radical (unpaired) electrons. The number of aromatic nitrogens is 2. The quantitative estimate of drug-likeness (QED) is 0.400. The van der Waals surface area contributed by atoms with Crippen molar-refractivity contribution in [3.05, 3.63) is 96.4 Å². The van der Waals surface area contributed by atoms with E-state index in [1.54, 1.807) is 54.3 Å². The second kappa shape index (κ2) is 10.6. The van der Waals surface area contributed by atoms with Crippen LogP contribution in [0.5, 0.6) is 5.75 Å². The molecule has 0 aliphatic rings. The van der Waals surface area contributed by atoms with Gasteiger partial charge in [0.2, 0.25) is 11.9 Å². The maximum absolute atomic E-state index is 13.5. The Hall–Kier alpha value is -4.46. The molecule has 7 nitrogen and oxygen atoms in total. The van der Waals surface area contributed by atoms with Crippen LogP contribution >= 0.6 is 0 Å². The van der Waals surface area contributed by atoms with Crippen molar-refractivity contribution in [1.29, 1.82) is 0 Å². The van der Waals surface area contributed by atoms with Gasteiger partial charge in [0.15, 0.2) is 0 Å². The van der Waals surface area contributed by atoms with Crippen LogP contribution in [0.2, 0.25) is 0 Å². The van der Waals surface area contributed by atoms with Gasteiger partial charge in [-0.05, 0) is 67.6 Å². The van der Waals surface area contributed by atoms with Gasteiger partial charge in [0.1, 0.15) is 18.1 Å². The predicted molar refractivity (Wildman–Crippen MR) is 132 cm³/mol. The van der Waals surface area contributed by atoms with Crippen molar-refractivity contribution in [3.8, 4) is 22.7 Å². The Balaban J connectivity index is 1.60. The molecule has 4 rings (SSSR count). The highest BCUT2D eigenvalue weighted by molar-refractivity contribution is 5.99. The molecule has 0 aliphatic carbocycles. The molecule has 3 aromatic carbocycles. The van der Waals surface area contributed by atoms with Crippen molar-refractivity contribution in [2.45, 2.75) is 6.92 Å². The summed E-state index contributed by atoms with van der Waals surface area (Å²) in [6.07, 6.45) is 1.76. The molecule has 8 heteroatoms. The third-order valence-corrected chi connectivity index (χ3v) is 5.47. The van der Waals surface area contributed by atoms with Crippen LogP contribution in [-0.4, -0.2) is 46.5 Å². The first-order chi connectivity index (χ1) is 17.0. The summed E-state index contributed by atoms with van der Waals surface area (Å²) in [5.74, 6) is -0.0260. The molecule has 0 unspecified atom stereocenters. The zero-order valence-corrected chi connectivity index (χ0v) is 19.4. The SMILES string of the molecule is CCN(CC(=O)Nc1nc(-c2ccc(OC)cc2)cn1-c1ccc(F)cc1)C(=O)c1ccccc1. The van der Waals surface area contributed by atoms with Crippen molar-refractivity contribution in [1.82, 2.24) is 14.5 Å². The number of nitrogens with one attached hydrogen (secondary N) is 1. The van der Waals surface area contributed by atoms with Gasteiger partial charge in [0.05, 0.1) is 12.8 Å². The Bertz CT molecular complexity index is 1300. The normalized spacial score (nSPS) is 10.6. The van der Waals surface area contributed by atoms with Crippen LogP contribution in [0.25, 0.3) is 16.9 Å². The van der Waals surface area contributed by atoms with Crippen LogP contribution in [0.15, 0.2) is 85.1 Å². The number of nitrogens with zero attached hydrogens (tertiary/aromatic N) is 3. The lowest BCUT2D eigenvalue weighted by molar-refractivity contribution is -0.116. The molecule has 1 N–H and O–H groups in total. The number of benzene rings is 3. The first kappa shape index (κ1) is 23.7. The summed E-state index contributed by atoms with van der Waals surface area (Å²) in [6.45, 7) is 2.04. The molecule has 0 saturated carbocycles. The highest BCUT2D eigenvalue weighted by Crippen LogP contribution is 2.26. The predicted octanol–water partition coefficient (Wildman–Crippen LogP) is 4.79. The monoisotopic (exact) mass is 472 g/mol. The Morgan fingerprint density at radius 2 is 1.69 bits per heavy atom. The van der Waals surface area contributed by atoms with Gasteiger partial charge in [-0.1, -0.05) is 18.2 Å². The van der Waals surface area contributed by atoms with Gasteiger partial charge in [-0.3, -0.25) is 19.5 Å². The van der Waals surface area contributed by atoms with Crippen LogP contribution in [0.3, 0.4) is 0 Å². The maximum Gasteiger partial charge on any atom is 0.254 e. The number of imidazole rings is 1. The topological polar surface area (TPSA) is 76.5 Å². The molecule has 1 aromatic heterocycles. The van der Waals surface area contributed by atoms with Crippen molar-refractivity contribution in [3.63, 3.8) is 0 Å². The van der Waals surface area contributed by atoms with Crippen LogP contribution in [0.1, 0.15) is 17.3 Å². The van der Waals surface area contributed by atoms with Crippen LogP contribution in [0.4, 0.5) is 10.3 Å². The van der Waals surface area contributed by atoms with Gasteiger partial charge in [0.25, 0.3) is 5.91 Å². The lowest BCUT2D eigenvalue weighted by atomic mass is 10.1. The van der Waals surface area contributed by atoms with Crippen molar-refractivity contribution in [2.75, 3.05) is 25.5 Å². The van der Waals surface area contributed by atoms with Gasteiger partial charge in [-0.15, -0.1) is 0 Å². The zero-order chi connectivity index (χ0) is 24.8. The van der Waals surface area contributed by atoms with E-state index in [9.17, 15) is 14.0 Å². The number of carbonyl (C=O) groups excluding carboxylic acids is 2. The molecule has 0 atom stereocenters. The first-order valence-corrected chi connectivity index (χ1v) is 11.1. The molecular weight excluding hydrogens is 447 g/mol. The Kier molecular flexibility index (Phi) is 7.21. The molecule has 2 amide bonds. The van der Waals surface area contributed by atoms with Crippen LogP contribution in [0, 0.1) is 5.82 Å². The molecule has 4 aromatic rings. The van der Waals surface area contributed by atoms with E-state index in [0.717, 1.165) is 5.56 Å². The second-order valence-corrected chi connectivity index (χ2v) is 7.76. The summed E-state index contributed by atoms with van der Waals surface area (Å²) in [7, 11) is 1.59. The number of rotatable bonds is 8. The van der Waals surface area contributed by atoms with Gasteiger partial charge in [0, 0.05) is 29.6 Å². The summed E-state index contributed by atoms with van der Waals surface area (Å²) in [6, 6.07) is 22.0. The smallest absolute Gasteiger partial charge is 0.254 e. The number of methoxy groups -OCH3 is 1. The summed E-state index contributed by atoms with van der Waals surface area (Å²) in [4.78, 5) is 31.8. The minimum Gasteiger partial charge on any atom is -0.497 e. The standard InChI is InChI=1S/C27H25FN4O3/c1-3-31(26(34)20-7-5-4-6-8-20)18-25(33)30-27-29-24(19-9-15-23(35-2)16-10-19)17-32(27)22-13-11-21(28)12-14-22/h4-17H,3,18H2,1-2H3,(H,29,30,33). The molecule has 35 heavy (non-hydrogen) atoms. The van der Waals surface area contributed by atoms with E-state index in [1.807, 2.05) is 37.3 Å². The van der Waals surface area contributed by atoms with Gasteiger partial charge < -0.3 is 9.64 Å². The summed E-state index contributed by atoms with van der Waals surface area (Å²) < 4.78 is 20.4. The number of hydrogen-bond donors (Lipinski definition) is 1. The Morgan fingerprint density at radius 3 is 2.31 bits per heavy atom. The number of likely N-dealkylation sites (N-methyl/N-ethyl adjacent to an activating group) is 1. The van der Waals surface area contributed by atoms with E-state index in [0.29, 0.717) is 29.2 Å². The molecule has 178 valence electrons. The van der Waals surface area contributed by atoms with Gasteiger partial charge in [-0.2, -0.15) is 0 Å². The van der Waals surface area contributed by atoms with Gasteiger partial charge in [-0.25, -0.2) is 9.37 Å². The van der Waals surface area contributed by atoms with Crippen molar-refractivity contribution >= 4 is 17.8 Å². The highest BCUT2D eigenvalue weighted by Gasteiger charge is 2.20. The lowest BCUT2D eigenvalue weighted by Crippen LogP contribution is -2.38. The fourth-order valence-electron chi connectivity index (χ4n) is 3.60. The summed E-state index contributed by atoms with van der Waals surface area (Å²) in [5, 5.41) is 2.81. The number of hydrogen-bond acceptors (Lipinski definition) is 4. The molecule has 1 heterocycles.